The number of pyridine rings is 1. The van der Waals surface area contributed by atoms with E-state index >= 15 is 0 Å². The summed E-state index contributed by atoms with van der Waals surface area (Å²) in [6, 6.07) is 4.89. The fraction of sp³-hybridized carbons (Fsp3) is 0.400. The van der Waals surface area contributed by atoms with Crippen LogP contribution >= 0.6 is 0 Å². The second kappa shape index (κ2) is 6.03. The van der Waals surface area contributed by atoms with E-state index in [1.165, 1.54) is 12.3 Å². The smallest absolute Gasteiger partial charge is 0.250 e. The molecule has 3 heterocycles. The fourth-order valence-corrected chi connectivity index (χ4v) is 2.43. The average Bonchev–Trinajstić information content (AvgIpc) is 2.50. The molecule has 21 heavy (non-hydrogen) atoms. The Kier molecular flexibility index (Phi) is 3.94. The van der Waals surface area contributed by atoms with Crippen LogP contribution in [0.2, 0.25) is 0 Å². The van der Waals surface area contributed by atoms with Gasteiger partial charge in [0.25, 0.3) is 5.88 Å². The number of anilines is 1. The van der Waals surface area contributed by atoms with Crippen molar-refractivity contribution in [2.24, 2.45) is 0 Å². The lowest BCUT2D eigenvalue weighted by Crippen LogP contribution is -2.39. The second-order valence-corrected chi connectivity index (χ2v) is 5.11. The average molecular weight is 288 g/mol. The van der Waals surface area contributed by atoms with Crippen molar-refractivity contribution in [2.75, 3.05) is 18.0 Å². The SMILES string of the molecule is Cc1cc(N2CCC(Oc3ncccc3F)CC2)ncn1. The fourth-order valence-electron chi connectivity index (χ4n) is 2.43. The molecule has 1 saturated heterocycles. The summed E-state index contributed by atoms with van der Waals surface area (Å²) in [7, 11) is 0. The van der Waals surface area contributed by atoms with Crippen LogP contribution in [0.5, 0.6) is 5.88 Å². The lowest BCUT2D eigenvalue weighted by atomic mass is 10.1. The minimum absolute atomic E-state index is 0.00594. The number of aryl methyl sites for hydroxylation is 1. The van der Waals surface area contributed by atoms with E-state index in [4.69, 9.17) is 4.74 Å². The quantitative estimate of drug-likeness (QED) is 0.868. The largest absolute Gasteiger partial charge is 0.472 e. The first-order valence-electron chi connectivity index (χ1n) is 7.03. The summed E-state index contributed by atoms with van der Waals surface area (Å²) in [4.78, 5) is 14.5. The van der Waals surface area contributed by atoms with Crippen molar-refractivity contribution in [3.05, 3.63) is 42.2 Å². The molecule has 110 valence electrons. The summed E-state index contributed by atoms with van der Waals surface area (Å²) >= 11 is 0. The van der Waals surface area contributed by atoms with Crippen LogP contribution in [0, 0.1) is 12.7 Å². The zero-order valence-corrected chi connectivity index (χ0v) is 11.9. The topological polar surface area (TPSA) is 51.1 Å². The molecule has 3 rings (SSSR count). The number of aromatic nitrogens is 3. The first-order valence-corrected chi connectivity index (χ1v) is 7.03. The molecule has 0 amide bonds. The molecule has 1 fully saturated rings. The summed E-state index contributed by atoms with van der Waals surface area (Å²) in [6.07, 6.45) is 4.75. The van der Waals surface area contributed by atoms with Crippen LogP contribution in [-0.2, 0) is 0 Å². The summed E-state index contributed by atoms with van der Waals surface area (Å²) in [5.74, 6) is 0.616. The van der Waals surface area contributed by atoms with Crippen molar-refractivity contribution in [3.8, 4) is 5.88 Å². The highest BCUT2D eigenvalue weighted by atomic mass is 19.1. The standard InChI is InChI=1S/C15H17FN4O/c1-11-9-14(19-10-18-11)20-7-4-12(5-8-20)21-15-13(16)3-2-6-17-15/h2-3,6,9-10,12H,4-5,7-8H2,1H3. The molecule has 0 aliphatic carbocycles. The minimum Gasteiger partial charge on any atom is -0.472 e. The molecule has 5 nitrogen and oxygen atoms in total. The number of ether oxygens (including phenoxy) is 1. The maximum Gasteiger partial charge on any atom is 0.250 e. The van der Waals surface area contributed by atoms with Crippen LogP contribution in [0.25, 0.3) is 0 Å². The molecule has 1 aliphatic heterocycles. The monoisotopic (exact) mass is 288 g/mol. The van der Waals surface area contributed by atoms with Crippen LogP contribution in [-0.4, -0.2) is 34.1 Å². The van der Waals surface area contributed by atoms with Gasteiger partial charge in [0.1, 0.15) is 18.2 Å². The van der Waals surface area contributed by atoms with Gasteiger partial charge in [-0.15, -0.1) is 0 Å². The number of nitrogens with zero attached hydrogens (tertiary/aromatic N) is 4. The molecule has 6 heteroatoms. The molecule has 2 aromatic heterocycles. The highest BCUT2D eigenvalue weighted by Crippen LogP contribution is 2.22. The third-order valence-corrected chi connectivity index (χ3v) is 3.56. The van der Waals surface area contributed by atoms with Gasteiger partial charge in [-0.05, 0) is 19.1 Å². The van der Waals surface area contributed by atoms with Crippen LogP contribution in [0.15, 0.2) is 30.7 Å². The molecular weight excluding hydrogens is 271 g/mol. The zero-order valence-electron chi connectivity index (χ0n) is 11.9. The van der Waals surface area contributed by atoms with Crippen LogP contribution in [0.1, 0.15) is 18.5 Å². The second-order valence-electron chi connectivity index (χ2n) is 5.11. The van der Waals surface area contributed by atoms with Gasteiger partial charge in [-0.2, -0.15) is 0 Å². The van der Waals surface area contributed by atoms with Gasteiger partial charge in [-0.3, -0.25) is 0 Å². The maximum absolute atomic E-state index is 13.5. The Morgan fingerprint density at radius 2 is 2.05 bits per heavy atom. The van der Waals surface area contributed by atoms with E-state index in [0.29, 0.717) is 0 Å². The molecule has 0 aromatic carbocycles. The molecule has 0 radical (unpaired) electrons. The van der Waals surface area contributed by atoms with E-state index in [1.807, 2.05) is 13.0 Å². The molecule has 0 N–H and O–H groups in total. The molecule has 1 aliphatic rings. The van der Waals surface area contributed by atoms with E-state index in [0.717, 1.165) is 37.4 Å². The summed E-state index contributed by atoms with van der Waals surface area (Å²) in [5.41, 5.74) is 0.953. The Morgan fingerprint density at radius 1 is 1.24 bits per heavy atom. The van der Waals surface area contributed by atoms with Crippen molar-refractivity contribution in [3.63, 3.8) is 0 Å². The Hall–Kier alpha value is -2.24. The van der Waals surface area contributed by atoms with E-state index in [1.54, 1.807) is 12.4 Å². The molecule has 0 atom stereocenters. The van der Waals surface area contributed by atoms with Gasteiger partial charge in [-0.25, -0.2) is 19.3 Å². The highest BCUT2D eigenvalue weighted by Gasteiger charge is 2.22. The summed E-state index contributed by atoms with van der Waals surface area (Å²) in [6.45, 7) is 3.61. The van der Waals surface area contributed by atoms with Gasteiger partial charge in [0.15, 0.2) is 5.82 Å². The van der Waals surface area contributed by atoms with E-state index < -0.39 is 5.82 Å². The van der Waals surface area contributed by atoms with E-state index in [-0.39, 0.29) is 12.0 Å². The van der Waals surface area contributed by atoms with Crippen molar-refractivity contribution in [2.45, 2.75) is 25.9 Å². The van der Waals surface area contributed by atoms with Gasteiger partial charge in [0.2, 0.25) is 0 Å². The minimum atomic E-state index is -0.411. The normalized spacial score (nSPS) is 16.0. The number of hydrogen-bond donors (Lipinski definition) is 0. The molecule has 0 bridgehead atoms. The molecule has 0 saturated carbocycles. The van der Waals surface area contributed by atoms with E-state index in [9.17, 15) is 4.39 Å². The number of rotatable bonds is 3. The van der Waals surface area contributed by atoms with Crippen LogP contribution in [0.3, 0.4) is 0 Å². The van der Waals surface area contributed by atoms with Gasteiger partial charge in [0, 0.05) is 43.9 Å². The predicted molar refractivity (Wildman–Crippen MR) is 76.8 cm³/mol. The lowest BCUT2D eigenvalue weighted by Gasteiger charge is -2.32. The van der Waals surface area contributed by atoms with Crippen molar-refractivity contribution >= 4 is 5.82 Å². The zero-order chi connectivity index (χ0) is 14.7. The Balaban J connectivity index is 1.59. The number of halogens is 1. The predicted octanol–water partition coefficient (Wildman–Crippen LogP) is 2.37. The van der Waals surface area contributed by atoms with Gasteiger partial charge in [-0.1, -0.05) is 0 Å². The number of piperidine rings is 1. The molecular formula is C15H17FN4O. The maximum atomic E-state index is 13.5. The first-order chi connectivity index (χ1) is 10.2. The van der Waals surface area contributed by atoms with Crippen LogP contribution in [0.4, 0.5) is 10.2 Å². The molecule has 2 aromatic rings. The molecule has 0 spiro atoms. The Morgan fingerprint density at radius 3 is 2.76 bits per heavy atom. The Bertz CT molecular complexity index is 614. The summed E-state index contributed by atoms with van der Waals surface area (Å²) < 4.78 is 19.2. The third-order valence-electron chi connectivity index (χ3n) is 3.56. The lowest BCUT2D eigenvalue weighted by molar-refractivity contribution is 0.156. The van der Waals surface area contributed by atoms with Crippen molar-refractivity contribution in [1.29, 1.82) is 0 Å². The van der Waals surface area contributed by atoms with E-state index in [2.05, 4.69) is 19.9 Å². The van der Waals surface area contributed by atoms with Crippen molar-refractivity contribution < 1.29 is 9.13 Å². The summed E-state index contributed by atoms with van der Waals surface area (Å²) in [5, 5.41) is 0. The van der Waals surface area contributed by atoms with Gasteiger partial charge >= 0.3 is 0 Å². The van der Waals surface area contributed by atoms with Gasteiger partial charge < -0.3 is 9.64 Å². The highest BCUT2D eigenvalue weighted by molar-refractivity contribution is 5.39. The first kappa shape index (κ1) is 13.7. The van der Waals surface area contributed by atoms with Crippen LogP contribution < -0.4 is 9.64 Å². The molecule has 0 unspecified atom stereocenters. The Labute approximate surface area is 122 Å². The van der Waals surface area contributed by atoms with Gasteiger partial charge in [0.05, 0.1) is 0 Å². The number of hydrogen-bond acceptors (Lipinski definition) is 5. The third kappa shape index (κ3) is 3.26. The van der Waals surface area contributed by atoms with Crippen molar-refractivity contribution in [1.82, 2.24) is 15.0 Å².